The van der Waals surface area contributed by atoms with E-state index in [9.17, 15) is 5.11 Å². The predicted octanol–water partition coefficient (Wildman–Crippen LogP) is 2.06. The molecule has 1 N–H and O–H groups in total. The van der Waals surface area contributed by atoms with E-state index < -0.39 is 6.29 Å². The molecule has 0 aromatic rings. The first-order valence-electron chi connectivity index (χ1n) is 4.66. The van der Waals surface area contributed by atoms with Gasteiger partial charge in [-0.05, 0) is 19.3 Å². The number of ether oxygens (including phenoxy) is 1. The molecule has 2 heteroatoms. The predicted molar refractivity (Wildman–Crippen MR) is 44.3 cm³/mol. The Kier molecular flexibility index (Phi) is 3.87. The van der Waals surface area contributed by atoms with Gasteiger partial charge in [0.1, 0.15) is 0 Å². The van der Waals surface area contributed by atoms with Crippen LogP contribution in [0, 0.1) is 0 Å². The highest BCUT2D eigenvalue weighted by atomic mass is 16.6. The molecule has 0 saturated heterocycles. The third kappa shape index (κ3) is 3.21. The summed E-state index contributed by atoms with van der Waals surface area (Å²) >= 11 is 0. The summed E-state index contributed by atoms with van der Waals surface area (Å²) in [7, 11) is 0. The minimum absolute atomic E-state index is 0.332. The van der Waals surface area contributed by atoms with Gasteiger partial charge in [-0.3, -0.25) is 0 Å². The van der Waals surface area contributed by atoms with Crippen molar-refractivity contribution in [2.24, 2.45) is 0 Å². The van der Waals surface area contributed by atoms with Crippen LogP contribution in [0.25, 0.3) is 0 Å². The Bertz CT molecular complexity index is 97.7. The minimum atomic E-state index is -0.530. The molecule has 0 bridgehead atoms. The van der Waals surface area contributed by atoms with E-state index in [1.807, 2.05) is 6.92 Å². The van der Waals surface area contributed by atoms with E-state index in [1.54, 1.807) is 0 Å². The van der Waals surface area contributed by atoms with Crippen molar-refractivity contribution in [3.63, 3.8) is 0 Å². The Labute approximate surface area is 68.6 Å². The summed E-state index contributed by atoms with van der Waals surface area (Å²) in [6.07, 6.45) is 6.64. The molecule has 2 nitrogen and oxygen atoms in total. The van der Waals surface area contributed by atoms with Crippen LogP contribution in [0.15, 0.2) is 0 Å². The summed E-state index contributed by atoms with van der Waals surface area (Å²) in [6, 6.07) is 0. The van der Waals surface area contributed by atoms with Crippen LogP contribution in [0.2, 0.25) is 0 Å². The molecule has 0 amide bonds. The highest BCUT2D eigenvalue weighted by molar-refractivity contribution is 4.65. The van der Waals surface area contributed by atoms with Gasteiger partial charge in [0.2, 0.25) is 0 Å². The van der Waals surface area contributed by atoms with Crippen LogP contribution in [0.3, 0.4) is 0 Å². The maximum absolute atomic E-state index is 9.19. The van der Waals surface area contributed by atoms with Crippen LogP contribution < -0.4 is 0 Å². The molecular weight excluding hydrogens is 140 g/mol. The molecule has 0 aromatic heterocycles. The Morgan fingerprint density at radius 3 is 2.55 bits per heavy atom. The van der Waals surface area contributed by atoms with E-state index in [4.69, 9.17) is 4.74 Å². The minimum Gasteiger partial charge on any atom is -0.368 e. The fraction of sp³-hybridized carbons (Fsp3) is 1.00. The summed E-state index contributed by atoms with van der Waals surface area (Å²) in [5.41, 5.74) is 0. The number of hydrogen-bond acceptors (Lipinski definition) is 2. The quantitative estimate of drug-likeness (QED) is 0.637. The third-order valence-electron chi connectivity index (χ3n) is 2.25. The lowest BCUT2D eigenvalue weighted by Gasteiger charge is -2.24. The molecule has 1 aliphatic carbocycles. The highest BCUT2D eigenvalue weighted by Gasteiger charge is 2.16. The van der Waals surface area contributed by atoms with Gasteiger partial charge in [-0.25, -0.2) is 0 Å². The molecule has 1 atom stereocenters. The number of aliphatic hydroxyl groups excluding tert-OH is 1. The van der Waals surface area contributed by atoms with Crippen LogP contribution in [0.1, 0.15) is 45.4 Å². The highest BCUT2D eigenvalue weighted by Crippen LogP contribution is 2.21. The maximum atomic E-state index is 9.19. The SMILES string of the molecule is CCC(O)OC1CCCCC1. The molecule has 1 aliphatic rings. The number of aliphatic hydroxyl groups is 1. The molecular formula is C9H18O2. The Hall–Kier alpha value is -0.0800. The molecule has 11 heavy (non-hydrogen) atoms. The summed E-state index contributed by atoms with van der Waals surface area (Å²) in [6.45, 7) is 1.94. The molecule has 0 aromatic carbocycles. The normalized spacial score (nSPS) is 23.5. The van der Waals surface area contributed by atoms with E-state index in [0.29, 0.717) is 12.5 Å². The van der Waals surface area contributed by atoms with Crippen LogP contribution >= 0.6 is 0 Å². The van der Waals surface area contributed by atoms with E-state index in [0.717, 1.165) is 12.8 Å². The molecule has 0 aliphatic heterocycles. The zero-order valence-corrected chi connectivity index (χ0v) is 7.25. The Morgan fingerprint density at radius 2 is 2.00 bits per heavy atom. The summed E-state index contributed by atoms with van der Waals surface area (Å²) < 4.78 is 5.40. The molecule has 0 heterocycles. The van der Waals surface area contributed by atoms with Crippen LogP contribution in [-0.4, -0.2) is 17.5 Å². The van der Waals surface area contributed by atoms with Gasteiger partial charge in [-0.2, -0.15) is 0 Å². The monoisotopic (exact) mass is 158 g/mol. The van der Waals surface area contributed by atoms with Gasteiger partial charge in [-0.1, -0.05) is 26.2 Å². The Balaban J connectivity index is 2.13. The smallest absolute Gasteiger partial charge is 0.154 e. The number of rotatable bonds is 3. The van der Waals surface area contributed by atoms with Gasteiger partial charge in [0.15, 0.2) is 6.29 Å². The van der Waals surface area contributed by atoms with Crippen molar-refractivity contribution in [3.8, 4) is 0 Å². The van der Waals surface area contributed by atoms with Crippen molar-refractivity contribution in [1.82, 2.24) is 0 Å². The fourth-order valence-corrected chi connectivity index (χ4v) is 1.52. The van der Waals surface area contributed by atoms with Gasteiger partial charge < -0.3 is 9.84 Å². The Morgan fingerprint density at radius 1 is 1.36 bits per heavy atom. The van der Waals surface area contributed by atoms with E-state index in [2.05, 4.69) is 0 Å². The zero-order chi connectivity index (χ0) is 8.10. The average molecular weight is 158 g/mol. The second kappa shape index (κ2) is 4.73. The molecule has 1 rings (SSSR count). The lowest BCUT2D eigenvalue weighted by atomic mass is 9.98. The molecule has 0 radical (unpaired) electrons. The average Bonchev–Trinajstić information content (AvgIpc) is 2.06. The van der Waals surface area contributed by atoms with Crippen LogP contribution in [0.5, 0.6) is 0 Å². The first-order chi connectivity index (χ1) is 5.33. The standard InChI is InChI=1S/C9H18O2/c1-2-9(10)11-8-6-4-3-5-7-8/h8-10H,2-7H2,1H3. The fourth-order valence-electron chi connectivity index (χ4n) is 1.52. The van der Waals surface area contributed by atoms with E-state index in [1.165, 1.54) is 19.3 Å². The van der Waals surface area contributed by atoms with Gasteiger partial charge in [0.25, 0.3) is 0 Å². The second-order valence-corrected chi connectivity index (χ2v) is 3.26. The third-order valence-corrected chi connectivity index (χ3v) is 2.25. The first kappa shape index (κ1) is 9.01. The maximum Gasteiger partial charge on any atom is 0.154 e. The molecule has 0 spiro atoms. The summed E-state index contributed by atoms with van der Waals surface area (Å²) in [5.74, 6) is 0. The second-order valence-electron chi connectivity index (χ2n) is 3.26. The zero-order valence-electron chi connectivity index (χ0n) is 7.25. The van der Waals surface area contributed by atoms with Crippen LogP contribution in [-0.2, 0) is 4.74 Å². The van der Waals surface area contributed by atoms with Crippen molar-refractivity contribution in [3.05, 3.63) is 0 Å². The lowest BCUT2D eigenvalue weighted by Crippen LogP contribution is -2.23. The van der Waals surface area contributed by atoms with Crippen molar-refractivity contribution >= 4 is 0 Å². The van der Waals surface area contributed by atoms with E-state index in [-0.39, 0.29) is 0 Å². The van der Waals surface area contributed by atoms with Crippen molar-refractivity contribution < 1.29 is 9.84 Å². The molecule has 1 saturated carbocycles. The van der Waals surface area contributed by atoms with Gasteiger partial charge in [0, 0.05) is 0 Å². The molecule has 66 valence electrons. The topological polar surface area (TPSA) is 29.5 Å². The van der Waals surface area contributed by atoms with Crippen molar-refractivity contribution in [2.75, 3.05) is 0 Å². The lowest BCUT2D eigenvalue weighted by molar-refractivity contribution is -0.144. The number of hydrogen-bond donors (Lipinski definition) is 1. The largest absolute Gasteiger partial charge is 0.368 e. The van der Waals surface area contributed by atoms with Crippen LogP contribution in [0.4, 0.5) is 0 Å². The van der Waals surface area contributed by atoms with Gasteiger partial charge in [-0.15, -0.1) is 0 Å². The van der Waals surface area contributed by atoms with Gasteiger partial charge in [0.05, 0.1) is 6.10 Å². The van der Waals surface area contributed by atoms with Gasteiger partial charge >= 0.3 is 0 Å². The molecule has 1 unspecified atom stereocenters. The summed E-state index contributed by atoms with van der Waals surface area (Å²) in [5, 5.41) is 9.19. The van der Waals surface area contributed by atoms with E-state index >= 15 is 0 Å². The van der Waals surface area contributed by atoms with Crippen molar-refractivity contribution in [2.45, 2.75) is 57.8 Å². The summed E-state index contributed by atoms with van der Waals surface area (Å²) in [4.78, 5) is 0. The first-order valence-corrected chi connectivity index (χ1v) is 4.66. The molecule has 1 fully saturated rings. The van der Waals surface area contributed by atoms with Crippen molar-refractivity contribution in [1.29, 1.82) is 0 Å².